The number of halogens is 1. The zero-order chi connectivity index (χ0) is 16.5. The number of benzene rings is 2. The van der Waals surface area contributed by atoms with Crippen LogP contribution in [0.3, 0.4) is 0 Å². The highest BCUT2D eigenvalue weighted by molar-refractivity contribution is 6.30. The van der Waals surface area contributed by atoms with Crippen LogP contribution in [0.2, 0.25) is 5.02 Å². The second-order valence-electron chi connectivity index (χ2n) is 5.76. The van der Waals surface area contributed by atoms with E-state index in [9.17, 15) is 0 Å². The molecule has 0 saturated carbocycles. The summed E-state index contributed by atoms with van der Waals surface area (Å²) in [5.41, 5.74) is 3.76. The standard InChI is InChI=1S/C20H27ClN2/c1-3-23(4-2)15-5-14-22-16-17-6-8-18(9-7-17)19-10-12-20(21)13-11-19/h6-13,22H,3-5,14-16H2,1-2H3. The summed E-state index contributed by atoms with van der Waals surface area (Å²) in [6.07, 6.45) is 1.20. The van der Waals surface area contributed by atoms with Gasteiger partial charge in [0.25, 0.3) is 0 Å². The highest BCUT2D eigenvalue weighted by atomic mass is 35.5. The molecule has 0 heterocycles. The maximum Gasteiger partial charge on any atom is 0.0406 e. The molecule has 0 atom stereocenters. The van der Waals surface area contributed by atoms with E-state index in [1.807, 2.05) is 12.1 Å². The Bertz CT molecular complexity index is 559. The Morgan fingerprint density at radius 3 is 2.00 bits per heavy atom. The van der Waals surface area contributed by atoms with Gasteiger partial charge in [-0.15, -0.1) is 0 Å². The molecule has 0 aromatic heterocycles. The minimum Gasteiger partial charge on any atom is -0.313 e. The highest BCUT2D eigenvalue weighted by Crippen LogP contribution is 2.21. The van der Waals surface area contributed by atoms with E-state index in [0.717, 1.165) is 31.2 Å². The molecule has 2 aromatic rings. The molecule has 0 saturated heterocycles. The highest BCUT2D eigenvalue weighted by Gasteiger charge is 2.00. The van der Waals surface area contributed by atoms with Gasteiger partial charge in [0.1, 0.15) is 0 Å². The lowest BCUT2D eigenvalue weighted by Crippen LogP contribution is -2.27. The van der Waals surface area contributed by atoms with Gasteiger partial charge >= 0.3 is 0 Å². The Morgan fingerprint density at radius 2 is 1.43 bits per heavy atom. The summed E-state index contributed by atoms with van der Waals surface area (Å²) in [6, 6.07) is 16.7. The van der Waals surface area contributed by atoms with Gasteiger partial charge < -0.3 is 10.2 Å². The summed E-state index contributed by atoms with van der Waals surface area (Å²) in [5, 5.41) is 4.30. The second kappa shape index (κ2) is 9.71. The summed E-state index contributed by atoms with van der Waals surface area (Å²) < 4.78 is 0. The quantitative estimate of drug-likeness (QED) is 0.662. The summed E-state index contributed by atoms with van der Waals surface area (Å²) in [6.45, 7) is 9.90. The van der Waals surface area contributed by atoms with Crippen molar-refractivity contribution in [3.8, 4) is 11.1 Å². The first-order valence-corrected chi connectivity index (χ1v) is 8.88. The van der Waals surface area contributed by atoms with Crippen molar-refractivity contribution in [2.45, 2.75) is 26.8 Å². The molecular weight excluding hydrogens is 304 g/mol. The molecule has 1 N–H and O–H groups in total. The minimum atomic E-state index is 0.777. The van der Waals surface area contributed by atoms with Crippen LogP contribution < -0.4 is 5.32 Å². The fourth-order valence-electron chi connectivity index (χ4n) is 2.66. The lowest BCUT2D eigenvalue weighted by atomic mass is 10.0. The van der Waals surface area contributed by atoms with Crippen LogP contribution in [0.15, 0.2) is 48.5 Å². The van der Waals surface area contributed by atoms with Crippen LogP contribution >= 0.6 is 11.6 Å². The predicted molar refractivity (Wildman–Crippen MR) is 101 cm³/mol. The summed E-state index contributed by atoms with van der Waals surface area (Å²) in [4.78, 5) is 2.46. The van der Waals surface area contributed by atoms with E-state index in [0.29, 0.717) is 0 Å². The SMILES string of the molecule is CCN(CC)CCCNCc1ccc(-c2ccc(Cl)cc2)cc1. The number of rotatable bonds is 9. The maximum absolute atomic E-state index is 5.93. The van der Waals surface area contributed by atoms with E-state index in [1.54, 1.807) is 0 Å². The molecule has 0 aliphatic carbocycles. The van der Waals surface area contributed by atoms with E-state index in [-0.39, 0.29) is 0 Å². The zero-order valence-corrected chi connectivity index (χ0v) is 14.9. The Morgan fingerprint density at radius 1 is 0.870 bits per heavy atom. The lowest BCUT2D eigenvalue weighted by molar-refractivity contribution is 0.298. The molecule has 0 radical (unpaired) electrons. The normalized spacial score (nSPS) is 11.1. The van der Waals surface area contributed by atoms with E-state index in [1.165, 1.54) is 29.7 Å². The Kier molecular flexibility index (Phi) is 7.60. The molecule has 0 aliphatic heterocycles. The number of nitrogens with one attached hydrogen (secondary N) is 1. The molecule has 0 unspecified atom stereocenters. The largest absolute Gasteiger partial charge is 0.313 e. The van der Waals surface area contributed by atoms with Gasteiger partial charge in [-0.1, -0.05) is 61.8 Å². The first-order chi connectivity index (χ1) is 11.2. The van der Waals surface area contributed by atoms with E-state index >= 15 is 0 Å². The number of hydrogen-bond donors (Lipinski definition) is 1. The molecule has 0 aliphatic rings. The third-order valence-electron chi connectivity index (χ3n) is 4.18. The second-order valence-corrected chi connectivity index (χ2v) is 6.20. The van der Waals surface area contributed by atoms with Gasteiger partial charge in [-0.3, -0.25) is 0 Å². The van der Waals surface area contributed by atoms with Crippen molar-refractivity contribution in [1.29, 1.82) is 0 Å². The minimum absolute atomic E-state index is 0.777. The van der Waals surface area contributed by atoms with Gasteiger partial charge in [0.15, 0.2) is 0 Å². The third-order valence-corrected chi connectivity index (χ3v) is 4.43. The molecule has 0 bridgehead atoms. The number of nitrogens with zero attached hydrogens (tertiary/aromatic N) is 1. The molecule has 3 heteroatoms. The van der Waals surface area contributed by atoms with Crippen molar-refractivity contribution in [2.24, 2.45) is 0 Å². The van der Waals surface area contributed by atoms with Gasteiger partial charge in [0, 0.05) is 11.6 Å². The van der Waals surface area contributed by atoms with E-state index in [2.05, 4.69) is 60.5 Å². The third kappa shape index (κ3) is 5.98. The van der Waals surface area contributed by atoms with Gasteiger partial charge in [-0.25, -0.2) is 0 Å². The molecule has 0 spiro atoms. The Balaban J connectivity index is 1.76. The molecule has 2 aromatic carbocycles. The molecule has 2 nitrogen and oxygen atoms in total. The molecule has 2 rings (SSSR count). The van der Waals surface area contributed by atoms with Crippen LogP contribution in [0.4, 0.5) is 0 Å². The van der Waals surface area contributed by atoms with Gasteiger partial charge in [-0.05, 0) is 61.4 Å². The van der Waals surface area contributed by atoms with Crippen molar-refractivity contribution in [1.82, 2.24) is 10.2 Å². The Hall–Kier alpha value is -1.35. The molecule has 0 fully saturated rings. The van der Waals surface area contributed by atoms with Gasteiger partial charge in [-0.2, -0.15) is 0 Å². The topological polar surface area (TPSA) is 15.3 Å². The lowest BCUT2D eigenvalue weighted by Gasteiger charge is -2.17. The number of hydrogen-bond acceptors (Lipinski definition) is 2. The molecule has 0 amide bonds. The van der Waals surface area contributed by atoms with Crippen molar-refractivity contribution in [3.05, 3.63) is 59.1 Å². The Labute approximate surface area is 145 Å². The first-order valence-electron chi connectivity index (χ1n) is 8.51. The van der Waals surface area contributed by atoms with E-state index < -0.39 is 0 Å². The maximum atomic E-state index is 5.93. The van der Waals surface area contributed by atoms with Crippen LogP contribution in [-0.4, -0.2) is 31.1 Å². The van der Waals surface area contributed by atoms with Crippen LogP contribution in [0, 0.1) is 0 Å². The molecular formula is C20H27ClN2. The fourth-order valence-corrected chi connectivity index (χ4v) is 2.78. The zero-order valence-electron chi connectivity index (χ0n) is 14.2. The van der Waals surface area contributed by atoms with Crippen LogP contribution in [0.5, 0.6) is 0 Å². The first kappa shape index (κ1) is 18.0. The summed E-state index contributed by atoms with van der Waals surface area (Å²) in [5.74, 6) is 0. The van der Waals surface area contributed by atoms with Crippen LogP contribution in [-0.2, 0) is 6.54 Å². The van der Waals surface area contributed by atoms with Gasteiger partial charge in [0.05, 0.1) is 0 Å². The van der Waals surface area contributed by atoms with Crippen molar-refractivity contribution in [2.75, 3.05) is 26.2 Å². The molecule has 23 heavy (non-hydrogen) atoms. The summed E-state index contributed by atoms with van der Waals surface area (Å²) in [7, 11) is 0. The van der Waals surface area contributed by atoms with Crippen LogP contribution in [0.1, 0.15) is 25.8 Å². The van der Waals surface area contributed by atoms with E-state index in [4.69, 9.17) is 11.6 Å². The smallest absolute Gasteiger partial charge is 0.0406 e. The monoisotopic (exact) mass is 330 g/mol. The average molecular weight is 331 g/mol. The summed E-state index contributed by atoms with van der Waals surface area (Å²) >= 11 is 5.93. The average Bonchev–Trinajstić information content (AvgIpc) is 2.59. The van der Waals surface area contributed by atoms with Crippen molar-refractivity contribution in [3.63, 3.8) is 0 Å². The predicted octanol–water partition coefficient (Wildman–Crippen LogP) is 4.83. The molecule has 124 valence electrons. The van der Waals surface area contributed by atoms with Gasteiger partial charge in [0.2, 0.25) is 0 Å². The fraction of sp³-hybridized carbons (Fsp3) is 0.400. The van der Waals surface area contributed by atoms with Crippen molar-refractivity contribution < 1.29 is 0 Å². The van der Waals surface area contributed by atoms with Crippen LogP contribution in [0.25, 0.3) is 11.1 Å². The van der Waals surface area contributed by atoms with Crippen molar-refractivity contribution >= 4 is 11.6 Å².